The van der Waals surface area contributed by atoms with Gasteiger partial charge in [0.15, 0.2) is 0 Å². The van der Waals surface area contributed by atoms with E-state index in [9.17, 15) is 14.4 Å². The third-order valence-electron chi connectivity index (χ3n) is 5.80. The summed E-state index contributed by atoms with van der Waals surface area (Å²) < 4.78 is 1.30. The maximum absolute atomic E-state index is 13.1. The number of benzene rings is 3. The molecule has 0 saturated heterocycles. The molecule has 0 saturated carbocycles. The molecule has 4 rings (SSSR count). The fourth-order valence-electron chi connectivity index (χ4n) is 3.65. The van der Waals surface area contributed by atoms with E-state index in [0.29, 0.717) is 27.3 Å². The zero-order chi connectivity index (χ0) is 25.1. The van der Waals surface area contributed by atoms with Gasteiger partial charge in [-0.25, -0.2) is 4.68 Å². The highest BCUT2D eigenvalue weighted by molar-refractivity contribution is 6.42. The Morgan fingerprint density at radius 2 is 1.51 bits per heavy atom. The van der Waals surface area contributed by atoms with Crippen molar-refractivity contribution in [3.05, 3.63) is 94.1 Å². The summed E-state index contributed by atoms with van der Waals surface area (Å²) in [6.45, 7) is 5.93. The summed E-state index contributed by atoms with van der Waals surface area (Å²) in [5.74, 6) is -2.22. The van der Waals surface area contributed by atoms with Crippen molar-refractivity contribution in [3.63, 3.8) is 0 Å². The van der Waals surface area contributed by atoms with Crippen molar-refractivity contribution in [1.29, 1.82) is 0 Å². The summed E-state index contributed by atoms with van der Waals surface area (Å²) in [4.78, 5) is 38.5. The molecule has 0 spiro atoms. The van der Waals surface area contributed by atoms with Gasteiger partial charge in [-0.05, 0) is 85.5 Å². The number of carbonyl (C=O) groups excluding carboxylic acids is 3. The first-order chi connectivity index (χ1) is 16.7. The molecule has 1 aromatic heterocycles. The molecule has 8 heteroatoms. The first-order valence-corrected chi connectivity index (χ1v) is 11.5. The number of hydrogen-bond acceptors (Lipinski definition) is 3. The minimum atomic E-state index is -0.919. The van der Waals surface area contributed by atoms with E-state index in [4.69, 9.17) is 11.6 Å². The second kappa shape index (κ2) is 10.0. The number of hydrogen-bond donors (Lipinski definition) is 3. The van der Waals surface area contributed by atoms with Gasteiger partial charge in [-0.3, -0.25) is 19.8 Å². The molecule has 178 valence electrons. The van der Waals surface area contributed by atoms with E-state index >= 15 is 0 Å². The van der Waals surface area contributed by atoms with E-state index < -0.39 is 17.7 Å². The molecular weight excluding hydrogens is 464 g/mol. The Bertz CT molecular complexity index is 1440. The van der Waals surface area contributed by atoms with Crippen LogP contribution in [-0.4, -0.2) is 22.4 Å². The molecule has 0 aliphatic carbocycles. The van der Waals surface area contributed by atoms with Crippen molar-refractivity contribution in [2.45, 2.75) is 27.2 Å². The molecule has 0 bridgehead atoms. The Balaban J connectivity index is 1.60. The van der Waals surface area contributed by atoms with E-state index in [0.717, 1.165) is 23.1 Å². The molecule has 3 aromatic carbocycles. The Hall–Kier alpha value is -4.10. The lowest BCUT2D eigenvalue weighted by Gasteiger charge is -2.13. The lowest BCUT2D eigenvalue weighted by molar-refractivity contribution is -0.133. The number of fused-ring (bicyclic) bond motifs is 1. The van der Waals surface area contributed by atoms with Crippen LogP contribution in [0.25, 0.3) is 10.9 Å². The number of aryl methyl sites for hydroxylation is 3. The van der Waals surface area contributed by atoms with Crippen LogP contribution >= 0.6 is 11.6 Å². The molecular formula is C27H25ClN4O3. The van der Waals surface area contributed by atoms with Gasteiger partial charge in [-0.1, -0.05) is 36.7 Å². The number of amides is 3. The van der Waals surface area contributed by atoms with Crippen LogP contribution < -0.4 is 16.1 Å². The second-order valence-corrected chi connectivity index (χ2v) is 8.70. The van der Waals surface area contributed by atoms with E-state index in [1.165, 1.54) is 4.68 Å². The first kappa shape index (κ1) is 24.0. The van der Waals surface area contributed by atoms with Gasteiger partial charge in [0, 0.05) is 21.8 Å². The van der Waals surface area contributed by atoms with Gasteiger partial charge in [-0.2, -0.15) is 0 Å². The van der Waals surface area contributed by atoms with E-state index in [1.807, 2.05) is 44.2 Å². The van der Waals surface area contributed by atoms with Crippen molar-refractivity contribution < 1.29 is 14.4 Å². The fraction of sp³-hybridized carbons (Fsp3) is 0.148. The maximum atomic E-state index is 13.1. The molecule has 7 nitrogen and oxygen atoms in total. The van der Waals surface area contributed by atoms with Gasteiger partial charge < -0.3 is 10.6 Å². The number of rotatable bonds is 5. The zero-order valence-corrected chi connectivity index (χ0v) is 20.4. The van der Waals surface area contributed by atoms with E-state index in [-0.39, 0.29) is 5.69 Å². The smallest absolute Gasteiger partial charge is 0.321 e. The minimum Gasteiger partial charge on any atom is -0.321 e. The highest BCUT2D eigenvalue weighted by Crippen LogP contribution is 2.24. The van der Waals surface area contributed by atoms with Crippen molar-refractivity contribution in [1.82, 2.24) is 4.68 Å². The van der Waals surface area contributed by atoms with Gasteiger partial charge in [0.2, 0.25) is 0 Å². The van der Waals surface area contributed by atoms with Crippen LogP contribution in [-0.2, 0) is 16.0 Å². The zero-order valence-electron chi connectivity index (χ0n) is 19.6. The Morgan fingerprint density at radius 1 is 0.800 bits per heavy atom. The third kappa shape index (κ3) is 5.36. The molecule has 35 heavy (non-hydrogen) atoms. The maximum Gasteiger partial charge on any atom is 0.328 e. The summed E-state index contributed by atoms with van der Waals surface area (Å²) in [6, 6.07) is 19.5. The number of aromatic nitrogens is 1. The monoisotopic (exact) mass is 488 g/mol. The molecule has 0 fully saturated rings. The second-order valence-electron chi connectivity index (χ2n) is 8.27. The van der Waals surface area contributed by atoms with Crippen LogP contribution in [0, 0.1) is 13.8 Å². The topological polar surface area (TPSA) is 92.2 Å². The summed E-state index contributed by atoms with van der Waals surface area (Å²) in [5, 5.41) is 6.55. The van der Waals surface area contributed by atoms with Gasteiger partial charge in [0.1, 0.15) is 5.69 Å². The van der Waals surface area contributed by atoms with Gasteiger partial charge in [0.25, 0.3) is 5.91 Å². The number of nitrogens with one attached hydrogen (secondary N) is 3. The standard InChI is InChI=1S/C27H25ClN4O3/c1-4-18-6-10-21(11-7-18)29-25(33)24-15-19-14-20(28)8-12-23(19)32(24)31-27(35)26(34)30-22-9-5-16(2)17(3)13-22/h5-15H,4H2,1-3H3,(H,29,33)(H,30,34)(H,31,35). The lowest BCUT2D eigenvalue weighted by Crippen LogP contribution is -2.36. The number of carbonyl (C=O) groups is 3. The third-order valence-corrected chi connectivity index (χ3v) is 6.04. The molecule has 0 radical (unpaired) electrons. The molecule has 0 unspecified atom stereocenters. The molecule has 3 N–H and O–H groups in total. The predicted molar refractivity (Wildman–Crippen MR) is 140 cm³/mol. The SMILES string of the molecule is CCc1ccc(NC(=O)c2cc3cc(Cl)ccc3n2NC(=O)C(=O)Nc2ccc(C)c(C)c2)cc1. The van der Waals surface area contributed by atoms with E-state index in [2.05, 4.69) is 23.0 Å². The first-order valence-electron chi connectivity index (χ1n) is 11.2. The quantitative estimate of drug-likeness (QED) is 0.327. The lowest BCUT2D eigenvalue weighted by atomic mass is 10.1. The number of anilines is 2. The molecule has 3 amide bonds. The number of halogens is 1. The van der Waals surface area contributed by atoms with Crippen LogP contribution in [0.4, 0.5) is 11.4 Å². The van der Waals surface area contributed by atoms with Crippen LogP contribution in [0.15, 0.2) is 66.7 Å². The summed E-state index contributed by atoms with van der Waals surface area (Å²) in [7, 11) is 0. The van der Waals surface area contributed by atoms with E-state index in [1.54, 1.807) is 36.4 Å². The molecule has 0 aliphatic heterocycles. The van der Waals surface area contributed by atoms with Crippen molar-refractivity contribution >= 4 is 51.6 Å². The van der Waals surface area contributed by atoms with Gasteiger partial charge >= 0.3 is 11.8 Å². The Kier molecular flexibility index (Phi) is 6.89. The number of nitrogens with zero attached hydrogens (tertiary/aromatic N) is 1. The normalized spacial score (nSPS) is 10.7. The highest BCUT2D eigenvalue weighted by atomic mass is 35.5. The minimum absolute atomic E-state index is 0.147. The molecule has 1 heterocycles. The highest BCUT2D eigenvalue weighted by Gasteiger charge is 2.21. The van der Waals surface area contributed by atoms with Crippen molar-refractivity contribution in [2.24, 2.45) is 0 Å². The van der Waals surface area contributed by atoms with Crippen LogP contribution in [0.1, 0.15) is 34.1 Å². The van der Waals surface area contributed by atoms with Crippen molar-refractivity contribution in [3.8, 4) is 0 Å². The molecule has 0 atom stereocenters. The average Bonchev–Trinajstić information content (AvgIpc) is 3.19. The summed E-state index contributed by atoms with van der Waals surface area (Å²) in [6.07, 6.45) is 0.888. The Labute approximate surface area is 208 Å². The average molecular weight is 489 g/mol. The molecule has 4 aromatic rings. The predicted octanol–water partition coefficient (Wildman–Crippen LogP) is 5.44. The van der Waals surface area contributed by atoms with Gasteiger partial charge in [0.05, 0.1) is 5.52 Å². The van der Waals surface area contributed by atoms with Gasteiger partial charge in [-0.15, -0.1) is 0 Å². The van der Waals surface area contributed by atoms with Crippen molar-refractivity contribution in [2.75, 3.05) is 16.1 Å². The van der Waals surface area contributed by atoms with Crippen LogP contribution in [0.3, 0.4) is 0 Å². The van der Waals surface area contributed by atoms with Crippen LogP contribution in [0.5, 0.6) is 0 Å². The summed E-state index contributed by atoms with van der Waals surface area (Å²) in [5.41, 5.74) is 7.54. The largest absolute Gasteiger partial charge is 0.328 e. The Morgan fingerprint density at radius 3 is 2.20 bits per heavy atom. The summed E-state index contributed by atoms with van der Waals surface area (Å²) >= 11 is 6.13. The molecule has 0 aliphatic rings. The van der Waals surface area contributed by atoms with Crippen LogP contribution in [0.2, 0.25) is 5.02 Å². The fourth-order valence-corrected chi connectivity index (χ4v) is 3.83.